The molecule has 0 atom stereocenters. The summed E-state index contributed by atoms with van der Waals surface area (Å²) in [5, 5.41) is 4.32. The molecule has 2 aromatic heterocycles. The van der Waals surface area contributed by atoms with Crippen LogP contribution in [0.3, 0.4) is 0 Å². The quantitative estimate of drug-likeness (QED) is 0.477. The maximum Gasteiger partial charge on any atom is 0.291 e. The number of benzene rings is 2. The normalized spacial score (nSPS) is 12.0. The van der Waals surface area contributed by atoms with Crippen LogP contribution < -0.4 is 24.3 Å². The van der Waals surface area contributed by atoms with Crippen LogP contribution in [0, 0.1) is 0 Å². The molecule has 0 saturated carbocycles. The molecule has 8 heteroatoms. The number of rotatable bonds is 6. The highest BCUT2D eigenvalue weighted by Gasteiger charge is 2.11. The van der Waals surface area contributed by atoms with Gasteiger partial charge in [0.2, 0.25) is 4.96 Å². The minimum absolute atomic E-state index is 0.225. The molecular formula is C22H19N3O4S. The van der Waals surface area contributed by atoms with Crippen molar-refractivity contribution in [1.29, 1.82) is 0 Å². The molecule has 0 saturated heterocycles. The number of methoxy groups -OCH3 is 3. The van der Waals surface area contributed by atoms with E-state index < -0.39 is 0 Å². The fraction of sp³-hybridized carbons (Fsp3) is 0.136. The van der Waals surface area contributed by atoms with E-state index in [0.29, 0.717) is 26.8 Å². The number of ether oxygens (including phenoxy) is 3. The second-order valence-electron chi connectivity index (χ2n) is 6.27. The van der Waals surface area contributed by atoms with Crippen molar-refractivity contribution in [2.45, 2.75) is 0 Å². The molecule has 4 aromatic rings. The minimum atomic E-state index is -0.225. The Kier molecular flexibility index (Phi) is 5.49. The highest BCUT2D eigenvalue weighted by Crippen LogP contribution is 2.31. The fourth-order valence-electron chi connectivity index (χ4n) is 2.97. The lowest BCUT2D eigenvalue weighted by molar-refractivity contribution is 0.354. The number of thiazole rings is 1. The number of nitrogens with zero attached hydrogens (tertiary/aromatic N) is 3. The lowest BCUT2D eigenvalue weighted by atomic mass is 10.2. The zero-order valence-corrected chi connectivity index (χ0v) is 17.5. The fourth-order valence-corrected chi connectivity index (χ4v) is 3.88. The average Bonchev–Trinajstić information content (AvgIpc) is 3.31. The van der Waals surface area contributed by atoms with Gasteiger partial charge in [-0.2, -0.15) is 9.50 Å². The van der Waals surface area contributed by atoms with Gasteiger partial charge >= 0.3 is 0 Å². The van der Waals surface area contributed by atoms with Gasteiger partial charge in [-0.05, 0) is 35.9 Å². The molecule has 0 bridgehead atoms. The van der Waals surface area contributed by atoms with Gasteiger partial charge in [0, 0.05) is 5.56 Å². The van der Waals surface area contributed by atoms with E-state index in [-0.39, 0.29) is 5.56 Å². The van der Waals surface area contributed by atoms with Crippen LogP contribution in [0.15, 0.2) is 47.3 Å². The van der Waals surface area contributed by atoms with Crippen molar-refractivity contribution >= 4 is 34.5 Å². The second-order valence-corrected chi connectivity index (χ2v) is 7.28. The maximum atomic E-state index is 12.8. The van der Waals surface area contributed by atoms with E-state index >= 15 is 0 Å². The van der Waals surface area contributed by atoms with E-state index in [1.165, 1.54) is 15.9 Å². The summed E-state index contributed by atoms with van der Waals surface area (Å²) in [7, 11) is 4.77. The molecule has 0 radical (unpaired) electrons. The molecule has 4 rings (SSSR count). The van der Waals surface area contributed by atoms with Gasteiger partial charge in [0.05, 0.1) is 25.9 Å². The summed E-state index contributed by atoms with van der Waals surface area (Å²) in [5.41, 5.74) is 1.50. The Morgan fingerprint density at radius 3 is 2.43 bits per heavy atom. The van der Waals surface area contributed by atoms with Crippen molar-refractivity contribution in [3.8, 4) is 17.2 Å². The van der Waals surface area contributed by atoms with Crippen molar-refractivity contribution in [3.05, 3.63) is 74.3 Å². The summed E-state index contributed by atoms with van der Waals surface area (Å²) in [6, 6.07) is 13.1. The van der Waals surface area contributed by atoms with E-state index in [4.69, 9.17) is 14.2 Å². The van der Waals surface area contributed by atoms with Crippen LogP contribution in [0.5, 0.6) is 17.2 Å². The lowest BCUT2D eigenvalue weighted by Crippen LogP contribution is -2.23. The predicted octanol–water partition coefficient (Wildman–Crippen LogP) is 2.89. The maximum absolute atomic E-state index is 12.8. The van der Waals surface area contributed by atoms with Crippen LogP contribution in [0.1, 0.15) is 17.0 Å². The van der Waals surface area contributed by atoms with Gasteiger partial charge in [0.15, 0.2) is 17.3 Å². The molecule has 0 aliphatic carbocycles. The Hall–Kier alpha value is -3.65. The summed E-state index contributed by atoms with van der Waals surface area (Å²) in [4.78, 5) is 17.7. The third kappa shape index (κ3) is 3.77. The minimum Gasteiger partial charge on any atom is -0.497 e. The van der Waals surface area contributed by atoms with E-state index in [0.717, 1.165) is 16.9 Å². The average molecular weight is 421 g/mol. The number of hydrogen-bond donors (Lipinski definition) is 0. The molecular weight excluding hydrogens is 402 g/mol. The Morgan fingerprint density at radius 2 is 1.77 bits per heavy atom. The molecule has 0 aliphatic rings. The Balaban J connectivity index is 1.67. The van der Waals surface area contributed by atoms with Gasteiger partial charge in [-0.15, -0.1) is 5.10 Å². The third-order valence-corrected chi connectivity index (χ3v) is 5.42. The number of para-hydroxylation sites is 1. The predicted molar refractivity (Wildman–Crippen MR) is 117 cm³/mol. The smallest absolute Gasteiger partial charge is 0.291 e. The van der Waals surface area contributed by atoms with Crippen LogP contribution in [-0.4, -0.2) is 35.9 Å². The van der Waals surface area contributed by atoms with Gasteiger partial charge in [-0.25, -0.2) is 0 Å². The van der Waals surface area contributed by atoms with Gasteiger partial charge < -0.3 is 14.2 Å². The Morgan fingerprint density at radius 1 is 0.967 bits per heavy atom. The highest BCUT2D eigenvalue weighted by atomic mass is 32.1. The number of aromatic nitrogens is 3. The SMILES string of the molecule is COc1ccc(/C=C/c2nc3s/c(=C\c4cccc(OC)c4OC)c(=O)n3n2)cc1. The van der Waals surface area contributed by atoms with Gasteiger partial charge in [0.25, 0.3) is 5.56 Å². The van der Waals surface area contributed by atoms with Crippen molar-refractivity contribution in [2.75, 3.05) is 21.3 Å². The largest absolute Gasteiger partial charge is 0.497 e. The van der Waals surface area contributed by atoms with Gasteiger partial charge in [-0.3, -0.25) is 4.79 Å². The van der Waals surface area contributed by atoms with Crippen molar-refractivity contribution in [2.24, 2.45) is 0 Å². The third-order valence-electron chi connectivity index (χ3n) is 4.46. The lowest BCUT2D eigenvalue weighted by Gasteiger charge is -2.09. The van der Waals surface area contributed by atoms with Crippen molar-refractivity contribution < 1.29 is 14.2 Å². The Labute approximate surface area is 176 Å². The molecule has 0 aliphatic heterocycles. The van der Waals surface area contributed by atoms with Crippen LogP contribution in [0.2, 0.25) is 0 Å². The Bertz CT molecular complexity index is 1320. The first-order valence-electron chi connectivity index (χ1n) is 9.07. The van der Waals surface area contributed by atoms with Crippen molar-refractivity contribution in [1.82, 2.24) is 14.6 Å². The molecule has 0 fully saturated rings. The van der Waals surface area contributed by atoms with Crippen LogP contribution in [-0.2, 0) is 0 Å². The molecule has 0 N–H and O–H groups in total. The molecule has 0 spiro atoms. The molecule has 0 unspecified atom stereocenters. The van der Waals surface area contributed by atoms with Crippen LogP contribution >= 0.6 is 11.3 Å². The monoisotopic (exact) mass is 421 g/mol. The molecule has 2 aromatic carbocycles. The first-order chi connectivity index (χ1) is 14.6. The summed E-state index contributed by atoms with van der Waals surface area (Å²) in [6.07, 6.45) is 5.42. The van der Waals surface area contributed by atoms with Crippen LogP contribution in [0.25, 0.3) is 23.2 Å². The molecule has 0 amide bonds. The first-order valence-corrected chi connectivity index (χ1v) is 9.89. The molecule has 2 heterocycles. The van der Waals surface area contributed by atoms with Gasteiger partial charge in [0.1, 0.15) is 5.75 Å². The topological polar surface area (TPSA) is 75.0 Å². The zero-order valence-electron chi connectivity index (χ0n) is 16.7. The summed E-state index contributed by atoms with van der Waals surface area (Å²) >= 11 is 1.27. The van der Waals surface area contributed by atoms with E-state index in [9.17, 15) is 4.79 Å². The first kappa shape index (κ1) is 19.7. The highest BCUT2D eigenvalue weighted by molar-refractivity contribution is 7.15. The standard InChI is InChI=1S/C22H19N3O4S/c1-27-16-10-7-14(8-11-16)9-12-19-23-22-25(24-19)21(26)18(30-22)13-15-5-4-6-17(28-2)20(15)29-3/h4-13H,1-3H3/b12-9+,18-13-. The summed E-state index contributed by atoms with van der Waals surface area (Å²) < 4.78 is 17.7. The summed E-state index contributed by atoms with van der Waals surface area (Å²) in [5.74, 6) is 2.44. The second kappa shape index (κ2) is 8.38. The van der Waals surface area contributed by atoms with E-state index in [1.807, 2.05) is 42.5 Å². The summed E-state index contributed by atoms with van der Waals surface area (Å²) in [6.45, 7) is 0. The molecule has 152 valence electrons. The van der Waals surface area contributed by atoms with E-state index in [2.05, 4.69) is 10.1 Å². The van der Waals surface area contributed by atoms with E-state index in [1.54, 1.807) is 39.5 Å². The van der Waals surface area contributed by atoms with Crippen molar-refractivity contribution in [3.63, 3.8) is 0 Å². The number of fused-ring (bicyclic) bond motifs is 1. The van der Waals surface area contributed by atoms with Crippen LogP contribution in [0.4, 0.5) is 0 Å². The molecule has 30 heavy (non-hydrogen) atoms. The zero-order chi connectivity index (χ0) is 21.1. The van der Waals surface area contributed by atoms with Gasteiger partial charge in [-0.1, -0.05) is 41.7 Å². The molecule has 7 nitrogen and oxygen atoms in total. The number of hydrogen-bond acceptors (Lipinski definition) is 7.